The van der Waals surface area contributed by atoms with Crippen LogP contribution >= 0.6 is 0 Å². The van der Waals surface area contributed by atoms with Gasteiger partial charge in [-0.2, -0.15) is 0 Å². The van der Waals surface area contributed by atoms with Gasteiger partial charge in [0.15, 0.2) is 0 Å². The van der Waals surface area contributed by atoms with Crippen LogP contribution in [0.1, 0.15) is 41.0 Å². The Morgan fingerprint density at radius 2 is 1.77 bits per heavy atom. The van der Waals surface area contributed by atoms with Crippen molar-refractivity contribution >= 4 is 18.5 Å². The van der Waals surface area contributed by atoms with Crippen LogP contribution in [0, 0.1) is 5.41 Å². The highest BCUT2D eigenvalue weighted by atomic mass is 32.1. The van der Waals surface area contributed by atoms with E-state index in [0.717, 1.165) is 6.42 Å². The van der Waals surface area contributed by atoms with Gasteiger partial charge in [0.2, 0.25) is 0 Å². The lowest BCUT2D eigenvalue weighted by molar-refractivity contribution is 0.218. The molecule has 0 atom stereocenters. The quantitative estimate of drug-likeness (QED) is 0.748. The highest BCUT2D eigenvalue weighted by Gasteiger charge is 2.26. The van der Waals surface area contributed by atoms with Crippen molar-refractivity contribution in [2.75, 3.05) is 0 Å². The van der Waals surface area contributed by atoms with E-state index in [4.69, 9.17) is 0 Å². The predicted octanol–water partition coefficient (Wildman–Crippen LogP) is 2.64. The molecule has 0 fully saturated rings. The third-order valence-electron chi connectivity index (χ3n) is 1.50. The Labute approximate surface area is 85.5 Å². The van der Waals surface area contributed by atoms with Crippen LogP contribution < -0.4 is 5.32 Å². The van der Waals surface area contributed by atoms with Crippen molar-refractivity contribution in [3.63, 3.8) is 0 Å². The highest BCUT2D eigenvalue weighted by Crippen LogP contribution is 2.26. The fraction of sp³-hybridized carbons (Fsp3) is 0.889. The Kier molecular flexibility index (Phi) is 3.97. The predicted molar refractivity (Wildman–Crippen MR) is 56.5 cm³/mol. The summed E-state index contributed by atoms with van der Waals surface area (Å²) in [4.78, 5) is 10.9. The van der Waals surface area contributed by atoms with Gasteiger partial charge in [0.05, 0.1) is 0 Å². The molecule has 0 spiro atoms. The van der Waals surface area contributed by atoms with E-state index in [1.54, 1.807) is 0 Å². The maximum absolute atomic E-state index is 10.9. The summed E-state index contributed by atoms with van der Waals surface area (Å²) in [6, 6.07) is -0.427. The molecule has 0 aromatic carbocycles. The van der Waals surface area contributed by atoms with Crippen molar-refractivity contribution in [2.24, 2.45) is 9.78 Å². The van der Waals surface area contributed by atoms with E-state index in [1.807, 2.05) is 13.8 Å². The smallest absolute Gasteiger partial charge is 0.331 e. The molecule has 0 saturated carbocycles. The minimum Gasteiger partial charge on any atom is -0.331 e. The Bertz CT molecular complexity index is 206. The van der Waals surface area contributed by atoms with Gasteiger partial charge in [0.1, 0.15) is 0 Å². The number of hydrogen-bond acceptors (Lipinski definition) is 2. The average molecular weight is 202 g/mol. The topological polar surface area (TPSA) is 41.5 Å². The summed E-state index contributed by atoms with van der Waals surface area (Å²) in [5, 5.41) is 2.75. The summed E-state index contributed by atoms with van der Waals surface area (Å²) < 4.78 is 3.14. The zero-order chi connectivity index (χ0) is 10.7. The summed E-state index contributed by atoms with van der Waals surface area (Å²) in [5.41, 5.74) is -0.0735. The van der Waals surface area contributed by atoms with Gasteiger partial charge in [-0.1, -0.05) is 20.8 Å². The normalized spacial score (nSPS) is 12.4. The van der Waals surface area contributed by atoms with E-state index in [2.05, 4.69) is 42.9 Å². The summed E-state index contributed by atoms with van der Waals surface area (Å²) in [5.74, 6) is 0. The molecule has 2 amide bonds. The summed E-state index contributed by atoms with van der Waals surface area (Å²) in [6.45, 7) is 10.3. The molecule has 0 aliphatic carbocycles. The summed E-state index contributed by atoms with van der Waals surface area (Å²) in [6.07, 6.45) is 0.886. The van der Waals surface area contributed by atoms with Crippen molar-refractivity contribution in [1.29, 1.82) is 0 Å². The first kappa shape index (κ1) is 12.5. The number of carbonyl (C=O) groups is 1. The minimum absolute atomic E-state index is 0.179. The van der Waals surface area contributed by atoms with E-state index in [9.17, 15) is 4.79 Å². The van der Waals surface area contributed by atoms with Crippen molar-refractivity contribution in [3.05, 3.63) is 0 Å². The highest BCUT2D eigenvalue weighted by molar-refractivity contribution is 7.47. The lowest BCUT2D eigenvalue weighted by Gasteiger charge is -2.32. The van der Waals surface area contributed by atoms with Crippen molar-refractivity contribution < 1.29 is 4.79 Å². The maximum atomic E-state index is 10.9. The average Bonchev–Trinajstić information content (AvgIpc) is 1.80. The molecule has 0 rings (SSSR count). The molecule has 0 bridgehead atoms. The first-order chi connectivity index (χ1) is 5.66. The standard InChI is InChI=1S/C9H18N2OS/c1-8(2,3)6-9(4,5)10-7(12)11-13/h6H2,1-5H3,(H,10,12). The van der Waals surface area contributed by atoms with Gasteiger partial charge < -0.3 is 5.32 Å². The van der Waals surface area contributed by atoms with Crippen LogP contribution in [-0.4, -0.2) is 11.6 Å². The molecule has 0 aliphatic heterocycles. The van der Waals surface area contributed by atoms with Crippen molar-refractivity contribution in [1.82, 2.24) is 5.32 Å². The van der Waals surface area contributed by atoms with Gasteiger partial charge in [-0.25, -0.2) is 4.79 Å². The molecule has 0 aromatic rings. The number of rotatable bonds is 2. The second-order valence-corrected chi connectivity index (χ2v) is 5.33. The second-order valence-electron chi connectivity index (χ2n) is 5.14. The van der Waals surface area contributed by atoms with Crippen molar-refractivity contribution in [3.8, 4) is 0 Å². The zero-order valence-electron chi connectivity index (χ0n) is 8.97. The Hall–Kier alpha value is -0.510. The molecule has 3 nitrogen and oxygen atoms in total. The lowest BCUT2D eigenvalue weighted by atomic mass is 9.82. The van der Waals surface area contributed by atoms with E-state index in [1.165, 1.54) is 0 Å². The Balaban J connectivity index is 4.24. The molecule has 76 valence electrons. The van der Waals surface area contributed by atoms with E-state index in [0.29, 0.717) is 0 Å². The fourth-order valence-corrected chi connectivity index (χ4v) is 1.73. The van der Waals surface area contributed by atoms with Gasteiger partial charge in [-0.15, -0.1) is 4.36 Å². The number of urea groups is 1. The van der Waals surface area contributed by atoms with Crippen LogP contribution in [0.15, 0.2) is 4.36 Å². The lowest BCUT2D eigenvalue weighted by Crippen LogP contribution is -2.44. The van der Waals surface area contributed by atoms with Gasteiger partial charge in [0, 0.05) is 18.0 Å². The molecule has 0 aliphatic rings. The third kappa shape index (κ3) is 6.63. The monoisotopic (exact) mass is 202 g/mol. The molecule has 0 aromatic heterocycles. The van der Waals surface area contributed by atoms with E-state index >= 15 is 0 Å². The molecular formula is C9H18N2OS. The number of amides is 2. The van der Waals surface area contributed by atoms with Crippen LogP contribution in [0.3, 0.4) is 0 Å². The zero-order valence-corrected chi connectivity index (χ0v) is 9.79. The van der Waals surface area contributed by atoms with Crippen LogP contribution in [0.4, 0.5) is 4.79 Å². The molecular weight excluding hydrogens is 184 g/mol. The molecule has 0 unspecified atom stereocenters. The van der Waals surface area contributed by atoms with Gasteiger partial charge in [-0.3, -0.25) is 0 Å². The number of nitrogens with one attached hydrogen (secondary N) is 1. The fourth-order valence-electron chi connectivity index (χ4n) is 1.68. The molecule has 1 N–H and O–H groups in total. The maximum Gasteiger partial charge on any atom is 0.352 e. The molecule has 13 heavy (non-hydrogen) atoms. The minimum atomic E-state index is -0.427. The summed E-state index contributed by atoms with van der Waals surface area (Å²) in [7, 11) is 0. The number of carbonyl (C=O) groups excluding carboxylic acids is 1. The van der Waals surface area contributed by atoms with Gasteiger partial charge in [-0.05, 0) is 25.7 Å². The molecule has 0 radical (unpaired) electrons. The second kappa shape index (κ2) is 4.13. The Morgan fingerprint density at radius 1 is 1.31 bits per heavy atom. The van der Waals surface area contributed by atoms with Crippen LogP contribution in [-0.2, 0) is 12.4 Å². The number of nitrogens with zero attached hydrogens (tertiary/aromatic N) is 1. The van der Waals surface area contributed by atoms with Crippen LogP contribution in [0.25, 0.3) is 0 Å². The van der Waals surface area contributed by atoms with Crippen molar-refractivity contribution in [2.45, 2.75) is 46.6 Å². The third-order valence-corrected chi connectivity index (χ3v) is 1.67. The van der Waals surface area contributed by atoms with Gasteiger partial charge in [0.25, 0.3) is 0 Å². The van der Waals surface area contributed by atoms with E-state index in [-0.39, 0.29) is 11.0 Å². The first-order valence-corrected chi connectivity index (χ1v) is 4.68. The molecule has 0 saturated heterocycles. The van der Waals surface area contributed by atoms with Crippen LogP contribution in [0.5, 0.6) is 0 Å². The largest absolute Gasteiger partial charge is 0.352 e. The number of hydrogen-bond donors (Lipinski definition) is 1. The van der Waals surface area contributed by atoms with Crippen LogP contribution in [0.2, 0.25) is 0 Å². The molecule has 0 heterocycles. The Morgan fingerprint density at radius 3 is 2.08 bits per heavy atom. The summed E-state index contributed by atoms with van der Waals surface area (Å²) >= 11 is 4.30. The van der Waals surface area contributed by atoms with Gasteiger partial charge >= 0.3 is 6.03 Å². The van der Waals surface area contributed by atoms with E-state index < -0.39 is 6.03 Å². The molecule has 4 heteroatoms. The first-order valence-electron chi connectivity index (χ1n) is 4.32. The SMILES string of the molecule is CC(C)(C)CC(C)(C)NC(=O)N=S.